The molecule has 0 atom stereocenters. The number of halogens is 2. The number of nitrogens with zero attached hydrogens (tertiary/aromatic N) is 5. The number of hydrogen-bond acceptors (Lipinski definition) is 8. The minimum absolute atomic E-state index is 0.173. The number of hydrogen-bond donors (Lipinski definition) is 2. The van der Waals surface area contributed by atoms with Crippen molar-refractivity contribution in [1.29, 1.82) is 0 Å². The van der Waals surface area contributed by atoms with Crippen LogP contribution in [-0.2, 0) is 13.1 Å². The van der Waals surface area contributed by atoms with Gasteiger partial charge in [-0.1, -0.05) is 17.7 Å². The summed E-state index contributed by atoms with van der Waals surface area (Å²) in [5, 5.41) is 3.78. The molecule has 32 heavy (non-hydrogen) atoms. The third-order valence-corrected chi connectivity index (χ3v) is 5.50. The van der Waals surface area contributed by atoms with Gasteiger partial charge in [-0.05, 0) is 42.0 Å². The van der Waals surface area contributed by atoms with Gasteiger partial charge >= 0.3 is 0 Å². The molecule has 0 radical (unpaired) electrons. The van der Waals surface area contributed by atoms with E-state index in [0.717, 1.165) is 37.4 Å². The highest BCUT2D eigenvalue weighted by Gasteiger charge is 2.19. The molecule has 0 saturated carbocycles. The Labute approximate surface area is 191 Å². The summed E-state index contributed by atoms with van der Waals surface area (Å²) in [6.07, 6.45) is 0. The number of aromatic nitrogens is 3. The molecule has 168 valence electrons. The first-order valence-corrected chi connectivity index (χ1v) is 10.7. The van der Waals surface area contributed by atoms with Crippen LogP contribution in [0.4, 0.5) is 22.0 Å². The minimum Gasteiger partial charge on any atom is -0.494 e. The third-order valence-electron chi connectivity index (χ3n) is 5.25. The van der Waals surface area contributed by atoms with Crippen molar-refractivity contribution in [1.82, 2.24) is 24.8 Å². The zero-order valence-corrected chi connectivity index (χ0v) is 18.5. The maximum Gasteiger partial charge on any atom is 0.232 e. The van der Waals surface area contributed by atoms with Crippen LogP contribution in [0.3, 0.4) is 0 Å². The van der Waals surface area contributed by atoms with E-state index >= 15 is 0 Å². The Balaban J connectivity index is 1.32. The molecule has 3 aromatic rings. The van der Waals surface area contributed by atoms with Crippen molar-refractivity contribution in [3.8, 4) is 5.75 Å². The highest BCUT2D eigenvalue weighted by atomic mass is 35.5. The lowest BCUT2D eigenvalue weighted by Crippen LogP contribution is -2.45. The molecule has 4 rings (SSSR count). The van der Waals surface area contributed by atoms with Crippen molar-refractivity contribution < 1.29 is 9.13 Å². The monoisotopic (exact) mass is 457 g/mol. The lowest BCUT2D eigenvalue weighted by molar-refractivity contribution is 0.120. The van der Waals surface area contributed by atoms with E-state index in [0.29, 0.717) is 29.9 Å². The SMILES string of the molecule is COc1ccc(CN2CCN(Cc3nc(N)nc(Nc4ccc(Cl)cc4)n3)CC2)cc1F. The molecule has 1 aliphatic heterocycles. The molecule has 1 aliphatic rings. The first-order chi connectivity index (χ1) is 15.5. The molecule has 0 bridgehead atoms. The summed E-state index contributed by atoms with van der Waals surface area (Å²) in [4.78, 5) is 17.5. The van der Waals surface area contributed by atoms with Gasteiger partial charge in [0.15, 0.2) is 11.6 Å². The molecular weight excluding hydrogens is 433 g/mol. The number of piperazine rings is 1. The molecule has 8 nitrogen and oxygen atoms in total. The van der Waals surface area contributed by atoms with Crippen molar-refractivity contribution in [3.63, 3.8) is 0 Å². The molecule has 0 unspecified atom stereocenters. The summed E-state index contributed by atoms with van der Waals surface area (Å²) in [7, 11) is 1.47. The van der Waals surface area contributed by atoms with E-state index in [9.17, 15) is 4.39 Å². The zero-order chi connectivity index (χ0) is 22.5. The molecule has 0 spiro atoms. The second kappa shape index (κ2) is 10.1. The van der Waals surface area contributed by atoms with Crippen LogP contribution in [0, 0.1) is 5.82 Å². The van der Waals surface area contributed by atoms with Crippen molar-refractivity contribution in [3.05, 3.63) is 64.7 Å². The molecule has 10 heteroatoms. The lowest BCUT2D eigenvalue weighted by atomic mass is 10.2. The number of rotatable bonds is 7. The van der Waals surface area contributed by atoms with Gasteiger partial charge in [0, 0.05) is 43.4 Å². The maximum atomic E-state index is 13.9. The Hall–Kier alpha value is -3.01. The van der Waals surface area contributed by atoms with Gasteiger partial charge in [-0.2, -0.15) is 15.0 Å². The quantitative estimate of drug-likeness (QED) is 0.558. The molecule has 1 saturated heterocycles. The fraction of sp³-hybridized carbons (Fsp3) is 0.318. The predicted molar refractivity (Wildman–Crippen MR) is 122 cm³/mol. The summed E-state index contributed by atoms with van der Waals surface area (Å²) < 4.78 is 18.9. The second-order valence-electron chi connectivity index (χ2n) is 7.59. The van der Waals surface area contributed by atoms with E-state index in [2.05, 4.69) is 30.1 Å². The summed E-state index contributed by atoms with van der Waals surface area (Å²) in [5.41, 5.74) is 7.64. The Morgan fingerprint density at radius 1 is 1.00 bits per heavy atom. The summed E-state index contributed by atoms with van der Waals surface area (Å²) in [5.74, 6) is 1.11. The van der Waals surface area contributed by atoms with E-state index < -0.39 is 0 Å². The van der Waals surface area contributed by atoms with E-state index in [1.54, 1.807) is 18.2 Å². The molecule has 3 N–H and O–H groups in total. The Kier molecular flexibility index (Phi) is 6.99. The van der Waals surface area contributed by atoms with E-state index in [4.69, 9.17) is 22.1 Å². The number of nitrogens with two attached hydrogens (primary N) is 1. The van der Waals surface area contributed by atoms with Gasteiger partial charge < -0.3 is 15.8 Å². The number of methoxy groups -OCH3 is 1. The molecule has 1 aromatic heterocycles. The number of nitrogen functional groups attached to an aromatic ring is 1. The van der Waals surface area contributed by atoms with Crippen molar-refractivity contribution in [2.75, 3.05) is 44.3 Å². The van der Waals surface area contributed by atoms with Crippen LogP contribution in [0.2, 0.25) is 5.02 Å². The third kappa shape index (κ3) is 5.82. The molecule has 0 amide bonds. The lowest BCUT2D eigenvalue weighted by Gasteiger charge is -2.34. The van der Waals surface area contributed by atoms with Crippen LogP contribution in [0.5, 0.6) is 5.75 Å². The van der Waals surface area contributed by atoms with E-state index in [1.165, 1.54) is 13.2 Å². The minimum atomic E-state index is -0.334. The standard InChI is InChI=1S/C22H25ClFN7O/c1-32-19-7-2-15(12-18(19)24)13-30-8-10-31(11-9-30)14-20-27-21(25)29-22(28-20)26-17-5-3-16(23)4-6-17/h2-7,12H,8-11,13-14H2,1H3,(H3,25,26,27,28,29). The van der Waals surface area contributed by atoms with E-state index in [-0.39, 0.29) is 17.5 Å². The molecule has 0 aliphatic carbocycles. The van der Waals surface area contributed by atoms with Crippen LogP contribution in [0.15, 0.2) is 42.5 Å². The number of anilines is 3. The van der Waals surface area contributed by atoms with Gasteiger partial charge in [0.25, 0.3) is 0 Å². The Morgan fingerprint density at radius 3 is 2.34 bits per heavy atom. The van der Waals surface area contributed by atoms with Crippen LogP contribution < -0.4 is 15.8 Å². The van der Waals surface area contributed by atoms with Gasteiger partial charge in [0.1, 0.15) is 5.82 Å². The zero-order valence-electron chi connectivity index (χ0n) is 17.8. The molecular formula is C22H25ClFN7O. The van der Waals surface area contributed by atoms with Crippen molar-refractivity contribution >= 4 is 29.2 Å². The van der Waals surface area contributed by atoms with Gasteiger partial charge in [-0.25, -0.2) is 4.39 Å². The molecule has 2 heterocycles. The largest absolute Gasteiger partial charge is 0.494 e. The van der Waals surface area contributed by atoms with Crippen LogP contribution in [0.1, 0.15) is 11.4 Å². The summed E-state index contributed by atoms with van der Waals surface area (Å²) >= 11 is 5.93. The Morgan fingerprint density at radius 2 is 1.69 bits per heavy atom. The highest BCUT2D eigenvalue weighted by Crippen LogP contribution is 2.20. The maximum absolute atomic E-state index is 13.9. The second-order valence-corrected chi connectivity index (χ2v) is 8.02. The van der Waals surface area contributed by atoms with Gasteiger partial charge in [-0.3, -0.25) is 9.80 Å². The fourth-order valence-electron chi connectivity index (χ4n) is 3.60. The average Bonchev–Trinajstić information content (AvgIpc) is 2.76. The number of ether oxygens (including phenoxy) is 1. The summed E-state index contributed by atoms with van der Waals surface area (Å²) in [6, 6.07) is 12.4. The Bertz CT molecular complexity index is 1060. The smallest absolute Gasteiger partial charge is 0.232 e. The highest BCUT2D eigenvalue weighted by molar-refractivity contribution is 6.30. The number of benzene rings is 2. The first kappa shape index (κ1) is 22.2. The average molecular weight is 458 g/mol. The topological polar surface area (TPSA) is 92.4 Å². The van der Waals surface area contributed by atoms with Gasteiger partial charge in [0.2, 0.25) is 11.9 Å². The fourth-order valence-corrected chi connectivity index (χ4v) is 3.72. The van der Waals surface area contributed by atoms with Crippen LogP contribution in [-0.4, -0.2) is 58.0 Å². The van der Waals surface area contributed by atoms with Gasteiger partial charge in [-0.15, -0.1) is 0 Å². The van der Waals surface area contributed by atoms with Crippen LogP contribution in [0.25, 0.3) is 0 Å². The van der Waals surface area contributed by atoms with Gasteiger partial charge in [0.05, 0.1) is 13.7 Å². The van der Waals surface area contributed by atoms with Crippen molar-refractivity contribution in [2.24, 2.45) is 0 Å². The predicted octanol–water partition coefficient (Wildman–Crippen LogP) is 3.32. The molecule has 2 aromatic carbocycles. The van der Waals surface area contributed by atoms with E-state index in [1.807, 2.05) is 18.2 Å². The molecule has 1 fully saturated rings. The van der Waals surface area contributed by atoms with Crippen LogP contribution >= 0.6 is 11.6 Å². The summed E-state index contributed by atoms with van der Waals surface area (Å²) in [6.45, 7) is 4.71. The number of nitrogens with one attached hydrogen (secondary N) is 1. The normalized spacial score (nSPS) is 15.0. The first-order valence-electron chi connectivity index (χ1n) is 10.3. The van der Waals surface area contributed by atoms with Crippen molar-refractivity contribution in [2.45, 2.75) is 13.1 Å².